The molecule has 0 aromatic carbocycles. The van der Waals surface area contributed by atoms with Gasteiger partial charge in [-0.2, -0.15) is 0 Å². The first-order valence-electron chi connectivity index (χ1n) is 7.78. The molecule has 0 unspecified atom stereocenters. The first-order chi connectivity index (χ1) is 12.4. The van der Waals surface area contributed by atoms with Crippen LogP contribution in [-0.4, -0.2) is 120 Å². The van der Waals surface area contributed by atoms with Crippen molar-refractivity contribution in [3.05, 3.63) is 0 Å². The highest BCUT2D eigenvalue weighted by atomic mass is 31.2. The molecule has 27 heavy (non-hydrogen) atoms. The van der Waals surface area contributed by atoms with Gasteiger partial charge in [-0.05, 0) is 0 Å². The minimum atomic E-state index is -4.91. The topological polar surface area (TPSA) is 236 Å². The molecule has 0 aromatic heterocycles. The maximum absolute atomic E-state index is 10.8. The molecule has 0 aromatic rings. The molecule has 2 heterocycles. The fourth-order valence-corrected chi connectivity index (χ4v) is 2.99. The molecule has 15 heteroatoms. The summed E-state index contributed by atoms with van der Waals surface area (Å²) in [5, 5.41) is 68.3. The lowest BCUT2D eigenvalue weighted by Gasteiger charge is -2.45. The van der Waals surface area contributed by atoms with Crippen LogP contribution >= 0.6 is 7.82 Å². The highest BCUT2D eigenvalue weighted by molar-refractivity contribution is 7.46. The van der Waals surface area contributed by atoms with Crippen molar-refractivity contribution in [2.45, 2.75) is 54.8 Å². The van der Waals surface area contributed by atoms with Crippen LogP contribution in [0.2, 0.25) is 0 Å². The van der Waals surface area contributed by atoms with Gasteiger partial charge in [-0.1, -0.05) is 0 Å². The summed E-state index contributed by atoms with van der Waals surface area (Å²) >= 11 is 0. The van der Waals surface area contributed by atoms with Crippen molar-refractivity contribution in [3.63, 3.8) is 0 Å². The van der Waals surface area contributed by atoms with Gasteiger partial charge < -0.3 is 59.7 Å². The molecule has 0 radical (unpaired) electrons. The minimum absolute atomic E-state index is 0.551. The van der Waals surface area contributed by atoms with Gasteiger partial charge >= 0.3 is 7.82 Å². The monoisotopic (exact) mass is 422 g/mol. The third-order valence-corrected chi connectivity index (χ3v) is 4.76. The summed E-state index contributed by atoms with van der Waals surface area (Å²) in [6.07, 6.45) is -13.9. The predicted molar refractivity (Wildman–Crippen MR) is 79.6 cm³/mol. The quantitative estimate of drug-likeness (QED) is 0.182. The number of hydrogen-bond acceptors (Lipinski definition) is 12. The van der Waals surface area contributed by atoms with Gasteiger partial charge in [0.05, 0.1) is 19.8 Å². The van der Waals surface area contributed by atoms with Gasteiger partial charge in [-0.3, -0.25) is 4.52 Å². The normalized spacial score (nSPS) is 46.4. The summed E-state index contributed by atoms with van der Waals surface area (Å²) in [6.45, 7) is -2.43. The van der Waals surface area contributed by atoms with E-state index in [1.54, 1.807) is 0 Å². The molecule has 2 aliphatic rings. The Kier molecular flexibility index (Phi) is 7.33. The Bertz CT molecular complexity index is 542. The van der Waals surface area contributed by atoms with E-state index in [4.69, 9.17) is 29.1 Å². The van der Waals surface area contributed by atoms with Crippen molar-refractivity contribution in [1.29, 1.82) is 0 Å². The lowest BCUT2D eigenvalue weighted by molar-refractivity contribution is -0.367. The molecule has 0 saturated carbocycles. The predicted octanol–water partition coefficient (Wildman–Crippen LogP) is -5.28. The average molecular weight is 422 g/mol. The molecule has 0 aliphatic carbocycles. The van der Waals surface area contributed by atoms with Gasteiger partial charge in [0.1, 0.15) is 42.7 Å². The van der Waals surface area contributed by atoms with E-state index in [9.17, 15) is 35.2 Å². The van der Waals surface area contributed by atoms with E-state index < -0.39 is 82.4 Å². The third-order valence-electron chi connectivity index (χ3n) is 4.28. The summed E-state index contributed by atoms with van der Waals surface area (Å²) in [5.41, 5.74) is 0. The van der Waals surface area contributed by atoms with E-state index in [0.717, 1.165) is 0 Å². The molecule has 0 amide bonds. The van der Waals surface area contributed by atoms with Crippen LogP contribution in [0, 0.1) is 0 Å². The van der Waals surface area contributed by atoms with E-state index in [1.807, 2.05) is 0 Å². The van der Waals surface area contributed by atoms with Gasteiger partial charge in [0.2, 0.25) is 5.79 Å². The van der Waals surface area contributed by atoms with Gasteiger partial charge in [0.15, 0.2) is 6.29 Å². The summed E-state index contributed by atoms with van der Waals surface area (Å²) in [5.74, 6) is -2.43. The van der Waals surface area contributed by atoms with E-state index in [0.29, 0.717) is 0 Å². The number of aliphatic hydroxyl groups is 7. The molecule has 2 aliphatic heterocycles. The second-order valence-corrected chi connectivity index (χ2v) is 7.46. The maximum Gasteiger partial charge on any atom is 0.469 e. The van der Waals surface area contributed by atoms with Crippen molar-refractivity contribution in [2.24, 2.45) is 0 Å². The summed E-state index contributed by atoms with van der Waals surface area (Å²) < 4.78 is 30.2. The number of aliphatic hydroxyl groups excluding tert-OH is 6. The van der Waals surface area contributed by atoms with Gasteiger partial charge in [0.25, 0.3) is 0 Å². The molecular weight excluding hydrogens is 399 g/mol. The second kappa shape index (κ2) is 8.61. The smallest absolute Gasteiger partial charge is 0.391 e. The fourth-order valence-electron chi connectivity index (χ4n) is 2.65. The van der Waals surface area contributed by atoms with Crippen molar-refractivity contribution in [3.8, 4) is 0 Å². The largest absolute Gasteiger partial charge is 0.469 e. The Balaban J connectivity index is 2.05. The van der Waals surface area contributed by atoms with Crippen LogP contribution in [0.15, 0.2) is 0 Å². The Hall–Kier alpha value is -0.290. The minimum Gasteiger partial charge on any atom is -0.391 e. The van der Waals surface area contributed by atoms with Crippen molar-refractivity contribution < 1.29 is 68.8 Å². The van der Waals surface area contributed by atoms with E-state index in [1.165, 1.54) is 0 Å². The van der Waals surface area contributed by atoms with Gasteiger partial charge in [-0.15, -0.1) is 0 Å². The standard InChI is InChI=1S/C12H23O14P/c13-3-12(19)10(18)7(15)4(1-23-12)25-11-9(17)8(16)6(14)5(26-11)2-24-27(20,21)22/h4-11,13-19H,1-3H2,(H2,20,21,22)/t4-,5-,6-,7-,8+,9-,10+,11+,12-/m1/s1. The van der Waals surface area contributed by atoms with Crippen LogP contribution in [0.1, 0.15) is 0 Å². The van der Waals surface area contributed by atoms with Crippen LogP contribution in [0.25, 0.3) is 0 Å². The van der Waals surface area contributed by atoms with Crippen LogP contribution in [0.5, 0.6) is 0 Å². The Morgan fingerprint density at radius 1 is 1.04 bits per heavy atom. The summed E-state index contributed by atoms with van der Waals surface area (Å²) in [6, 6.07) is 0. The lowest BCUT2D eigenvalue weighted by atomic mass is 9.96. The van der Waals surface area contributed by atoms with Crippen LogP contribution in [0.4, 0.5) is 0 Å². The zero-order valence-electron chi connectivity index (χ0n) is 13.8. The lowest BCUT2D eigenvalue weighted by Crippen LogP contribution is -2.65. The van der Waals surface area contributed by atoms with Crippen molar-refractivity contribution in [1.82, 2.24) is 0 Å². The Morgan fingerprint density at radius 2 is 1.67 bits per heavy atom. The van der Waals surface area contributed by atoms with Crippen LogP contribution in [0.3, 0.4) is 0 Å². The molecule has 9 N–H and O–H groups in total. The molecule has 2 fully saturated rings. The Labute approximate surface area is 152 Å². The SMILES string of the molecule is O=P(O)(O)OC[C@H]1O[C@H](O[C@@H]2CO[C@](O)(CO)[C@@H](O)[C@@H]2O)[C@H](O)[C@@H](O)[C@@H]1O. The second-order valence-electron chi connectivity index (χ2n) is 6.22. The Morgan fingerprint density at radius 3 is 2.22 bits per heavy atom. The molecule has 160 valence electrons. The number of phosphoric ester groups is 1. The van der Waals surface area contributed by atoms with E-state index in [-0.39, 0.29) is 0 Å². The summed E-state index contributed by atoms with van der Waals surface area (Å²) in [7, 11) is -4.91. The number of phosphoric acid groups is 1. The third kappa shape index (κ3) is 5.20. The first-order valence-corrected chi connectivity index (χ1v) is 9.31. The van der Waals surface area contributed by atoms with Crippen molar-refractivity contribution >= 4 is 7.82 Å². The average Bonchev–Trinajstić information content (AvgIpc) is 2.60. The summed E-state index contributed by atoms with van der Waals surface area (Å²) in [4.78, 5) is 17.4. The molecular formula is C12H23O14P. The van der Waals surface area contributed by atoms with E-state index >= 15 is 0 Å². The highest BCUT2D eigenvalue weighted by Crippen LogP contribution is 2.37. The maximum atomic E-state index is 10.8. The van der Waals surface area contributed by atoms with Gasteiger partial charge in [-0.25, -0.2) is 4.57 Å². The fraction of sp³-hybridized carbons (Fsp3) is 1.00. The molecule has 2 rings (SSSR count). The zero-order chi connectivity index (χ0) is 20.6. The van der Waals surface area contributed by atoms with Gasteiger partial charge in [0, 0.05) is 0 Å². The number of ether oxygens (including phenoxy) is 3. The molecule has 2 saturated heterocycles. The molecule has 0 bridgehead atoms. The zero-order valence-corrected chi connectivity index (χ0v) is 14.6. The number of hydrogen-bond donors (Lipinski definition) is 9. The number of rotatable bonds is 6. The van der Waals surface area contributed by atoms with E-state index in [2.05, 4.69) is 4.52 Å². The van der Waals surface area contributed by atoms with Crippen LogP contribution < -0.4 is 0 Å². The molecule has 9 atom stereocenters. The van der Waals surface area contributed by atoms with Crippen LogP contribution in [-0.2, 0) is 23.3 Å². The molecule has 0 spiro atoms. The van der Waals surface area contributed by atoms with Crippen molar-refractivity contribution in [2.75, 3.05) is 19.8 Å². The first kappa shape index (κ1) is 23.0. The highest BCUT2D eigenvalue weighted by Gasteiger charge is 2.52. The molecule has 14 nitrogen and oxygen atoms in total.